The van der Waals surface area contributed by atoms with E-state index in [0.717, 1.165) is 17.2 Å². The lowest BCUT2D eigenvalue weighted by Crippen LogP contribution is -2.36. The molecule has 3 N–H and O–H groups in total. The molecule has 1 saturated heterocycles. The van der Waals surface area contributed by atoms with Crippen LogP contribution in [-0.2, 0) is 17.9 Å². The van der Waals surface area contributed by atoms with Gasteiger partial charge in [-0.1, -0.05) is 17.7 Å². The van der Waals surface area contributed by atoms with Crippen molar-refractivity contribution in [2.45, 2.75) is 37.9 Å². The molecule has 0 spiro atoms. The van der Waals surface area contributed by atoms with Crippen molar-refractivity contribution in [3.8, 4) is 0 Å². The molecule has 0 bridgehead atoms. The molecule has 1 aliphatic carbocycles. The number of amides is 1. The van der Waals surface area contributed by atoms with E-state index in [2.05, 4.69) is 30.5 Å². The number of fused-ring (bicyclic) bond motifs is 1. The lowest BCUT2D eigenvalue weighted by atomic mass is 9.94. The number of hydrogen-bond donors (Lipinski definition) is 3. The number of pyridine rings is 1. The topological polar surface area (TPSA) is 108 Å². The molecule has 6 rings (SSSR count). The zero-order valence-electron chi connectivity index (χ0n) is 21.8. The Morgan fingerprint density at radius 3 is 2.68 bits per heavy atom. The summed E-state index contributed by atoms with van der Waals surface area (Å²) in [6.45, 7) is 1.81. The van der Waals surface area contributed by atoms with Gasteiger partial charge in [0.15, 0.2) is 17.5 Å². The highest BCUT2D eigenvalue weighted by Crippen LogP contribution is 2.35. The summed E-state index contributed by atoms with van der Waals surface area (Å²) in [5.74, 6) is -2.35. The lowest BCUT2D eigenvalue weighted by molar-refractivity contribution is -0.121. The van der Waals surface area contributed by atoms with Crippen molar-refractivity contribution in [1.82, 2.24) is 29.7 Å². The largest absolute Gasteiger partial charge is 0.361 e. The normalized spacial score (nSPS) is 19.1. The minimum atomic E-state index is -0.922. The molecule has 4 heterocycles. The van der Waals surface area contributed by atoms with E-state index in [0.29, 0.717) is 41.2 Å². The van der Waals surface area contributed by atoms with Gasteiger partial charge in [0.1, 0.15) is 23.2 Å². The van der Waals surface area contributed by atoms with Crippen LogP contribution in [0.2, 0.25) is 5.15 Å². The first kappa shape index (κ1) is 27.3. The van der Waals surface area contributed by atoms with E-state index < -0.39 is 28.9 Å². The number of benzene rings is 1. The third-order valence-electron chi connectivity index (χ3n) is 7.64. The molecule has 1 aromatic carbocycles. The van der Waals surface area contributed by atoms with Crippen LogP contribution in [0, 0.1) is 23.4 Å². The Kier molecular flexibility index (Phi) is 7.43. The highest BCUT2D eigenvalue weighted by molar-refractivity contribution is 6.29. The third kappa shape index (κ3) is 5.94. The van der Waals surface area contributed by atoms with Crippen LogP contribution in [-0.4, -0.2) is 56.0 Å². The number of rotatable bonds is 9. The second-order valence-corrected chi connectivity index (χ2v) is 11.1. The Labute approximate surface area is 237 Å². The summed E-state index contributed by atoms with van der Waals surface area (Å²) >= 11 is 6.25. The highest BCUT2D eigenvalue weighted by Gasteiger charge is 2.37. The molecule has 9 nitrogen and oxygen atoms in total. The van der Waals surface area contributed by atoms with Gasteiger partial charge in [-0.25, -0.2) is 23.1 Å². The predicted octanol–water partition coefficient (Wildman–Crippen LogP) is 3.80. The number of carbonyl (C=O) groups is 1. The van der Waals surface area contributed by atoms with Gasteiger partial charge in [-0.3, -0.25) is 14.2 Å². The average Bonchev–Trinajstić information content (AvgIpc) is 3.57. The fourth-order valence-electron chi connectivity index (χ4n) is 5.33. The summed E-state index contributed by atoms with van der Waals surface area (Å²) in [5.41, 5.74) is 1.02. The Hall–Kier alpha value is -3.90. The zero-order valence-corrected chi connectivity index (χ0v) is 22.6. The highest BCUT2D eigenvalue weighted by atomic mass is 35.5. The van der Waals surface area contributed by atoms with E-state index in [1.54, 1.807) is 12.1 Å². The van der Waals surface area contributed by atoms with Crippen LogP contribution in [0.15, 0.2) is 47.7 Å². The number of anilines is 1. The van der Waals surface area contributed by atoms with E-state index in [1.165, 1.54) is 37.5 Å². The van der Waals surface area contributed by atoms with E-state index >= 15 is 0 Å². The SMILES string of the molecule is O=C(Cn1c(Cl)cnc(N[C@@H]2CN(CC3CC3)C[C@H]2c2ccc(F)c(F)c2)c1=O)NCc1cnc2[nH]cc(F)c2c1. The van der Waals surface area contributed by atoms with E-state index in [4.69, 9.17) is 11.6 Å². The van der Waals surface area contributed by atoms with E-state index in [9.17, 15) is 22.8 Å². The molecule has 0 unspecified atom stereocenters. The molecule has 41 heavy (non-hydrogen) atoms. The molecule has 3 aromatic heterocycles. The van der Waals surface area contributed by atoms with Gasteiger partial charge in [0.2, 0.25) is 5.91 Å². The molecule has 0 radical (unpaired) electrons. The molecule has 2 aliphatic rings. The summed E-state index contributed by atoms with van der Waals surface area (Å²) in [7, 11) is 0. The maximum atomic E-state index is 14.1. The molecule has 4 aromatic rings. The summed E-state index contributed by atoms with van der Waals surface area (Å²) in [5, 5.41) is 6.18. The van der Waals surface area contributed by atoms with Crippen LogP contribution in [0.25, 0.3) is 11.0 Å². The summed E-state index contributed by atoms with van der Waals surface area (Å²) in [6, 6.07) is 5.15. The Balaban J connectivity index is 1.17. The molecule has 1 saturated carbocycles. The molecular formula is C28H27ClF3N7O2. The molecule has 214 valence electrons. The maximum absolute atomic E-state index is 14.1. The van der Waals surface area contributed by atoms with Crippen LogP contribution >= 0.6 is 11.6 Å². The second-order valence-electron chi connectivity index (χ2n) is 10.7. The number of nitrogens with zero attached hydrogens (tertiary/aromatic N) is 4. The zero-order chi connectivity index (χ0) is 28.7. The number of hydrogen-bond acceptors (Lipinski definition) is 6. The van der Waals surface area contributed by atoms with Crippen molar-refractivity contribution in [1.29, 1.82) is 0 Å². The third-order valence-corrected chi connectivity index (χ3v) is 7.94. The number of halogens is 4. The van der Waals surface area contributed by atoms with Crippen LogP contribution in [0.1, 0.15) is 29.9 Å². The summed E-state index contributed by atoms with van der Waals surface area (Å²) < 4.78 is 42.7. The van der Waals surface area contributed by atoms with Crippen molar-refractivity contribution < 1.29 is 18.0 Å². The molecule has 2 atom stereocenters. The maximum Gasteiger partial charge on any atom is 0.294 e. The van der Waals surface area contributed by atoms with Gasteiger partial charge in [0, 0.05) is 50.5 Å². The predicted molar refractivity (Wildman–Crippen MR) is 147 cm³/mol. The van der Waals surface area contributed by atoms with Gasteiger partial charge in [0.25, 0.3) is 5.56 Å². The van der Waals surface area contributed by atoms with Crippen LogP contribution in [0.4, 0.5) is 19.0 Å². The van der Waals surface area contributed by atoms with Crippen molar-refractivity contribution >= 4 is 34.4 Å². The van der Waals surface area contributed by atoms with Gasteiger partial charge in [-0.05, 0) is 48.1 Å². The Morgan fingerprint density at radius 2 is 1.90 bits per heavy atom. The van der Waals surface area contributed by atoms with E-state index in [-0.39, 0.29) is 36.0 Å². The second kappa shape index (κ2) is 11.2. The molecule has 1 amide bonds. The van der Waals surface area contributed by atoms with Gasteiger partial charge < -0.3 is 20.5 Å². The first-order valence-electron chi connectivity index (χ1n) is 13.3. The van der Waals surface area contributed by atoms with Crippen molar-refractivity contribution in [3.63, 3.8) is 0 Å². The molecule has 13 heteroatoms. The van der Waals surface area contributed by atoms with Gasteiger partial charge in [-0.2, -0.15) is 0 Å². The monoisotopic (exact) mass is 585 g/mol. The van der Waals surface area contributed by atoms with E-state index in [1.807, 2.05) is 0 Å². The smallest absolute Gasteiger partial charge is 0.294 e. The standard InChI is InChI=1S/C28H27ClF3N7O2/c29-24-10-36-27(28(41)39(24)14-25(40)33-7-16-5-18-22(32)9-35-26(18)34-8-16)37-23-13-38(11-15-1-2-15)12-19(23)17-3-4-20(30)21(31)6-17/h3-6,8-10,15,19,23H,1-2,7,11-14H2,(H,33,40)(H,34,35)(H,36,37)/t19-,23+/m0/s1. The Bertz CT molecular complexity index is 1670. The number of aromatic amines is 1. The fraction of sp³-hybridized carbons (Fsp3) is 0.357. The number of carbonyl (C=O) groups excluding carboxylic acids is 1. The van der Waals surface area contributed by atoms with Crippen molar-refractivity contribution in [3.05, 3.63) is 86.9 Å². The number of aromatic nitrogens is 4. The fourth-order valence-corrected chi connectivity index (χ4v) is 5.51. The minimum Gasteiger partial charge on any atom is -0.361 e. The van der Waals surface area contributed by atoms with Crippen LogP contribution in [0.5, 0.6) is 0 Å². The molecular weight excluding hydrogens is 559 g/mol. The van der Waals surface area contributed by atoms with Gasteiger partial charge in [0.05, 0.1) is 11.6 Å². The number of nitrogens with one attached hydrogen (secondary N) is 3. The summed E-state index contributed by atoms with van der Waals surface area (Å²) in [4.78, 5) is 39.4. The molecule has 2 fully saturated rings. The first-order valence-corrected chi connectivity index (χ1v) is 13.7. The van der Waals surface area contributed by atoms with Crippen molar-refractivity contribution in [2.75, 3.05) is 25.0 Å². The lowest BCUT2D eigenvalue weighted by Gasteiger charge is -2.21. The van der Waals surface area contributed by atoms with Crippen molar-refractivity contribution in [2.24, 2.45) is 5.92 Å². The summed E-state index contributed by atoms with van der Waals surface area (Å²) in [6.07, 6.45) is 6.35. The van der Waals surface area contributed by atoms with Gasteiger partial charge in [-0.15, -0.1) is 0 Å². The van der Waals surface area contributed by atoms with Crippen LogP contribution < -0.4 is 16.2 Å². The number of H-pyrrole nitrogens is 1. The molecule has 1 aliphatic heterocycles. The van der Waals surface area contributed by atoms with Gasteiger partial charge >= 0.3 is 0 Å². The number of likely N-dealkylation sites (tertiary alicyclic amines) is 1. The minimum absolute atomic E-state index is 0.00522. The first-order chi connectivity index (χ1) is 19.7. The average molecular weight is 586 g/mol. The Morgan fingerprint density at radius 1 is 1.07 bits per heavy atom. The van der Waals surface area contributed by atoms with Crippen LogP contribution in [0.3, 0.4) is 0 Å². The quantitative estimate of drug-likeness (QED) is 0.276.